The highest BCUT2D eigenvalue weighted by atomic mass is 14.5. The fourth-order valence-corrected chi connectivity index (χ4v) is 0.731. The van der Waals surface area contributed by atoms with Crippen LogP contribution in [0.15, 0.2) is 24.0 Å². The van der Waals surface area contributed by atoms with Crippen molar-refractivity contribution in [1.29, 1.82) is 0 Å². The fourth-order valence-electron chi connectivity index (χ4n) is 0.731. The molecule has 0 spiro atoms. The summed E-state index contributed by atoms with van der Waals surface area (Å²) in [5, 5.41) is 0. The Morgan fingerprint density at radius 3 is 2.40 bits per heavy atom. The van der Waals surface area contributed by atoms with Crippen molar-refractivity contribution in [2.24, 2.45) is 17.4 Å². The molecule has 0 rings (SSSR count). The van der Waals surface area contributed by atoms with Gasteiger partial charge in [0, 0.05) is 0 Å². The lowest BCUT2D eigenvalue weighted by molar-refractivity contribution is 0.668. The summed E-state index contributed by atoms with van der Waals surface area (Å²) in [7, 11) is 0. The van der Waals surface area contributed by atoms with Crippen LogP contribution in [-0.4, -0.2) is 0 Å². The highest BCUT2D eigenvalue weighted by Crippen LogP contribution is 2.13. The van der Waals surface area contributed by atoms with Crippen molar-refractivity contribution in [3.05, 3.63) is 24.0 Å². The van der Waals surface area contributed by atoms with Crippen molar-refractivity contribution in [3.8, 4) is 0 Å². The molecule has 0 radical (unpaired) electrons. The number of hydrogen-bond acceptors (Lipinski definition) is 2. The predicted molar refractivity (Wildman–Crippen MR) is 45.1 cm³/mol. The molecule has 2 heteroatoms. The van der Waals surface area contributed by atoms with Crippen LogP contribution in [0.1, 0.15) is 20.3 Å². The minimum Gasteiger partial charge on any atom is -0.405 e. The predicted octanol–water partition coefficient (Wildman–Crippen LogP) is 1.35. The van der Waals surface area contributed by atoms with Crippen molar-refractivity contribution < 1.29 is 0 Å². The molecule has 0 aromatic rings. The largest absolute Gasteiger partial charge is 0.405 e. The van der Waals surface area contributed by atoms with E-state index in [2.05, 4.69) is 13.8 Å². The van der Waals surface area contributed by atoms with Gasteiger partial charge in [-0.15, -0.1) is 0 Å². The van der Waals surface area contributed by atoms with Gasteiger partial charge in [0.1, 0.15) is 0 Å². The SMILES string of the molecule is CCC(C)C(/C=C\N)=C/N. The standard InChI is InChI=1S/C8H16N2/c1-3-7(2)8(6-10)4-5-9/h4-7H,3,9-10H2,1-2H3/b5-4-,8-6+. The molecule has 0 aliphatic rings. The van der Waals surface area contributed by atoms with Gasteiger partial charge in [-0.1, -0.05) is 13.8 Å². The van der Waals surface area contributed by atoms with E-state index in [4.69, 9.17) is 11.5 Å². The van der Waals surface area contributed by atoms with Crippen LogP contribution in [0.3, 0.4) is 0 Å². The topological polar surface area (TPSA) is 52.0 Å². The summed E-state index contributed by atoms with van der Waals surface area (Å²) < 4.78 is 0. The van der Waals surface area contributed by atoms with Crippen LogP contribution in [0.25, 0.3) is 0 Å². The zero-order valence-electron chi connectivity index (χ0n) is 6.67. The quantitative estimate of drug-likeness (QED) is 0.581. The van der Waals surface area contributed by atoms with Crippen LogP contribution in [0, 0.1) is 5.92 Å². The van der Waals surface area contributed by atoms with E-state index in [1.54, 1.807) is 6.20 Å². The van der Waals surface area contributed by atoms with Gasteiger partial charge in [0.25, 0.3) is 0 Å². The second-order valence-electron chi connectivity index (χ2n) is 2.34. The van der Waals surface area contributed by atoms with Crippen LogP contribution in [0.4, 0.5) is 0 Å². The molecular weight excluding hydrogens is 124 g/mol. The molecule has 0 amide bonds. The molecule has 0 aliphatic heterocycles. The second-order valence-corrected chi connectivity index (χ2v) is 2.34. The van der Waals surface area contributed by atoms with E-state index in [9.17, 15) is 0 Å². The molecule has 0 saturated heterocycles. The van der Waals surface area contributed by atoms with Gasteiger partial charge in [-0.25, -0.2) is 0 Å². The minimum absolute atomic E-state index is 0.504. The Balaban J connectivity index is 4.08. The molecule has 1 atom stereocenters. The van der Waals surface area contributed by atoms with Gasteiger partial charge < -0.3 is 11.5 Å². The molecule has 10 heavy (non-hydrogen) atoms. The van der Waals surface area contributed by atoms with Crippen molar-refractivity contribution in [2.75, 3.05) is 0 Å². The van der Waals surface area contributed by atoms with Gasteiger partial charge in [-0.2, -0.15) is 0 Å². The van der Waals surface area contributed by atoms with E-state index < -0.39 is 0 Å². The Morgan fingerprint density at radius 2 is 2.10 bits per heavy atom. The van der Waals surface area contributed by atoms with E-state index in [1.807, 2.05) is 6.08 Å². The van der Waals surface area contributed by atoms with Gasteiger partial charge in [0.05, 0.1) is 0 Å². The Kier molecular flexibility index (Phi) is 4.46. The smallest absolute Gasteiger partial charge is 0.00264 e. The molecule has 1 unspecified atom stereocenters. The van der Waals surface area contributed by atoms with Crippen molar-refractivity contribution in [3.63, 3.8) is 0 Å². The average molecular weight is 140 g/mol. The first kappa shape index (κ1) is 9.08. The van der Waals surface area contributed by atoms with Crippen LogP contribution < -0.4 is 11.5 Å². The van der Waals surface area contributed by atoms with Gasteiger partial charge in [0.2, 0.25) is 0 Å². The first-order chi connectivity index (χ1) is 4.76. The van der Waals surface area contributed by atoms with Gasteiger partial charge in [-0.3, -0.25) is 0 Å². The first-order valence-corrected chi connectivity index (χ1v) is 3.56. The Morgan fingerprint density at radius 1 is 1.50 bits per heavy atom. The maximum absolute atomic E-state index is 5.37. The summed E-state index contributed by atoms with van der Waals surface area (Å²) in [4.78, 5) is 0. The zero-order chi connectivity index (χ0) is 7.98. The summed E-state index contributed by atoms with van der Waals surface area (Å²) >= 11 is 0. The lowest BCUT2D eigenvalue weighted by Crippen LogP contribution is -1.98. The normalized spacial score (nSPS) is 16.0. The molecule has 0 saturated carbocycles. The summed E-state index contributed by atoms with van der Waals surface area (Å²) in [6, 6.07) is 0. The van der Waals surface area contributed by atoms with Crippen LogP contribution in [-0.2, 0) is 0 Å². The van der Waals surface area contributed by atoms with Gasteiger partial charge >= 0.3 is 0 Å². The number of nitrogens with two attached hydrogens (primary N) is 2. The lowest BCUT2D eigenvalue weighted by Gasteiger charge is -2.07. The molecular formula is C8H16N2. The molecule has 0 bridgehead atoms. The van der Waals surface area contributed by atoms with Crippen molar-refractivity contribution >= 4 is 0 Å². The number of hydrogen-bond donors (Lipinski definition) is 2. The van der Waals surface area contributed by atoms with E-state index in [-0.39, 0.29) is 0 Å². The summed E-state index contributed by atoms with van der Waals surface area (Å²) in [5.41, 5.74) is 11.7. The van der Waals surface area contributed by atoms with Gasteiger partial charge in [-0.05, 0) is 36.4 Å². The Hall–Kier alpha value is -0.920. The third-order valence-corrected chi connectivity index (χ3v) is 1.66. The Bertz CT molecular complexity index is 136. The molecule has 0 heterocycles. The summed E-state index contributed by atoms with van der Waals surface area (Å²) in [5.74, 6) is 0.504. The summed E-state index contributed by atoms with van der Waals surface area (Å²) in [6.45, 7) is 4.25. The first-order valence-electron chi connectivity index (χ1n) is 3.56. The molecule has 4 N–H and O–H groups in total. The van der Waals surface area contributed by atoms with E-state index >= 15 is 0 Å². The van der Waals surface area contributed by atoms with E-state index in [1.165, 1.54) is 6.20 Å². The second kappa shape index (κ2) is 4.91. The number of rotatable bonds is 3. The number of allylic oxidation sites excluding steroid dienone is 2. The van der Waals surface area contributed by atoms with E-state index in [0.29, 0.717) is 5.92 Å². The molecule has 0 aromatic carbocycles. The third kappa shape index (κ3) is 2.58. The third-order valence-electron chi connectivity index (χ3n) is 1.66. The summed E-state index contributed by atoms with van der Waals surface area (Å²) in [6.07, 6.45) is 6.06. The van der Waals surface area contributed by atoms with Gasteiger partial charge in [0.15, 0.2) is 0 Å². The van der Waals surface area contributed by atoms with Crippen LogP contribution in [0.2, 0.25) is 0 Å². The Labute approximate surface area is 62.6 Å². The lowest BCUT2D eigenvalue weighted by atomic mass is 10.00. The highest BCUT2D eigenvalue weighted by molar-refractivity contribution is 5.18. The highest BCUT2D eigenvalue weighted by Gasteiger charge is 2.00. The van der Waals surface area contributed by atoms with Crippen molar-refractivity contribution in [1.82, 2.24) is 0 Å². The average Bonchev–Trinajstić information content (AvgIpc) is 1.99. The molecule has 2 nitrogen and oxygen atoms in total. The monoisotopic (exact) mass is 140 g/mol. The molecule has 58 valence electrons. The molecule has 0 aliphatic carbocycles. The molecule has 0 fully saturated rings. The van der Waals surface area contributed by atoms with E-state index in [0.717, 1.165) is 12.0 Å². The molecule has 0 aromatic heterocycles. The fraction of sp³-hybridized carbons (Fsp3) is 0.500. The van der Waals surface area contributed by atoms with Crippen LogP contribution >= 0.6 is 0 Å². The minimum atomic E-state index is 0.504. The zero-order valence-corrected chi connectivity index (χ0v) is 6.67. The maximum Gasteiger partial charge on any atom is -0.00264 e. The maximum atomic E-state index is 5.37. The van der Waals surface area contributed by atoms with Crippen LogP contribution in [0.5, 0.6) is 0 Å². The van der Waals surface area contributed by atoms with Crippen molar-refractivity contribution in [2.45, 2.75) is 20.3 Å².